The molecule has 0 aliphatic heterocycles. The summed E-state index contributed by atoms with van der Waals surface area (Å²) in [6, 6.07) is 4.10. The first-order chi connectivity index (χ1) is 13.5. The third-order valence-electron chi connectivity index (χ3n) is 5.41. The molecule has 0 aliphatic rings. The lowest BCUT2D eigenvalue weighted by Crippen LogP contribution is -2.18. The first-order valence-corrected chi connectivity index (χ1v) is 11.5. The average Bonchev–Trinajstić information content (AvgIpc) is 2.61. The van der Waals surface area contributed by atoms with E-state index >= 15 is 0 Å². The van der Waals surface area contributed by atoms with Crippen LogP contribution in [-0.2, 0) is 26.8 Å². The third-order valence-corrected chi connectivity index (χ3v) is 5.41. The van der Waals surface area contributed by atoms with Crippen LogP contribution in [0.25, 0.3) is 0 Å². The van der Waals surface area contributed by atoms with E-state index in [4.69, 9.17) is 4.74 Å². The normalized spacial score (nSPS) is 12.2. The fourth-order valence-corrected chi connectivity index (χ4v) is 3.55. The highest BCUT2D eigenvalue weighted by molar-refractivity contribution is 5.69. The number of benzene rings is 1. The third kappa shape index (κ3) is 9.23. The number of carbonyl (C=O) groups excluding carboxylic acids is 1. The van der Waals surface area contributed by atoms with Gasteiger partial charge in [0.25, 0.3) is 0 Å². The number of aromatic hydroxyl groups is 1. The molecule has 0 amide bonds. The Morgan fingerprint density at radius 2 is 1.34 bits per heavy atom. The Balaban J connectivity index is 2.58. The lowest BCUT2D eigenvalue weighted by atomic mass is 9.78. The van der Waals surface area contributed by atoms with E-state index in [1.165, 1.54) is 32.1 Å². The van der Waals surface area contributed by atoms with Crippen LogP contribution in [0.4, 0.5) is 0 Å². The Hall–Kier alpha value is -1.51. The van der Waals surface area contributed by atoms with Gasteiger partial charge in [0.05, 0.1) is 6.61 Å². The Morgan fingerprint density at radius 3 is 1.83 bits per heavy atom. The molecule has 0 saturated carbocycles. The molecule has 3 heteroatoms. The van der Waals surface area contributed by atoms with E-state index in [9.17, 15) is 9.90 Å². The van der Waals surface area contributed by atoms with Gasteiger partial charge in [0.2, 0.25) is 0 Å². The van der Waals surface area contributed by atoms with Gasteiger partial charge in [-0.1, -0.05) is 99.1 Å². The second kappa shape index (κ2) is 11.6. The molecule has 0 aromatic heterocycles. The summed E-state index contributed by atoms with van der Waals surface area (Å²) in [5.74, 6) is 0.258. The van der Waals surface area contributed by atoms with Crippen molar-refractivity contribution in [2.24, 2.45) is 0 Å². The second-order valence-electron chi connectivity index (χ2n) is 10.4. The zero-order chi connectivity index (χ0) is 22.1. The van der Waals surface area contributed by atoms with Crippen molar-refractivity contribution in [1.29, 1.82) is 0 Å². The highest BCUT2D eigenvalue weighted by Crippen LogP contribution is 2.40. The standard InChI is InChI=1S/C26H44O3/c1-8-9-10-11-12-13-14-17-29-23(27)16-15-20-18-21(25(2,3)4)24(28)22(19-20)26(5,6)7/h18-19,28H,8-17H2,1-7H3. The average molecular weight is 405 g/mol. The molecule has 1 N–H and O–H groups in total. The summed E-state index contributed by atoms with van der Waals surface area (Å²) in [5.41, 5.74) is 2.66. The van der Waals surface area contributed by atoms with Crippen LogP contribution in [0.3, 0.4) is 0 Å². The monoisotopic (exact) mass is 404 g/mol. The first kappa shape index (κ1) is 25.5. The van der Waals surface area contributed by atoms with E-state index in [1.54, 1.807) is 0 Å². The van der Waals surface area contributed by atoms with Gasteiger partial charge in [-0.25, -0.2) is 0 Å². The van der Waals surface area contributed by atoms with Gasteiger partial charge in [-0.2, -0.15) is 0 Å². The fraction of sp³-hybridized carbons (Fsp3) is 0.731. The van der Waals surface area contributed by atoms with E-state index in [0.717, 1.165) is 29.5 Å². The molecular formula is C26H44O3. The molecule has 0 saturated heterocycles. The van der Waals surface area contributed by atoms with E-state index in [0.29, 0.717) is 25.2 Å². The molecule has 0 spiro atoms. The number of phenolic OH excluding ortho intramolecular Hbond substituents is 1. The van der Waals surface area contributed by atoms with Crippen LogP contribution >= 0.6 is 0 Å². The lowest BCUT2D eigenvalue weighted by molar-refractivity contribution is -0.143. The summed E-state index contributed by atoms with van der Waals surface area (Å²) >= 11 is 0. The van der Waals surface area contributed by atoms with Crippen molar-refractivity contribution < 1.29 is 14.6 Å². The first-order valence-electron chi connectivity index (χ1n) is 11.5. The maximum absolute atomic E-state index is 12.1. The lowest BCUT2D eigenvalue weighted by Gasteiger charge is -2.28. The highest BCUT2D eigenvalue weighted by atomic mass is 16.5. The van der Waals surface area contributed by atoms with E-state index in [1.807, 2.05) is 12.1 Å². The molecule has 0 bridgehead atoms. The topological polar surface area (TPSA) is 46.5 Å². The van der Waals surface area contributed by atoms with Crippen molar-refractivity contribution in [2.45, 2.75) is 117 Å². The van der Waals surface area contributed by atoms with Gasteiger partial charge in [-0.15, -0.1) is 0 Å². The van der Waals surface area contributed by atoms with Crippen molar-refractivity contribution in [1.82, 2.24) is 0 Å². The molecule has 0 heterocycles. The number of ether oxygens (including phenoxy) is 1. The summed E-state index contributed by atoms with van der Waals surface area (Å²) in [4.78, 5) is 12.1. The van der Waals surface area contributed by atoms with Crippen molar-refractivity contribution >= 4 is 5.97 Å². The minimum absolute atomic E-state index is 0.126. The van der Waals surface area contributed by atoms with Gasteiger partial charge >= 0.3 is 5.97 Å². The summed E-state index contributed by atoms with van der Waals surface area (Å²) in [7, 11) is 0. The molecule has 29 heavy (non-hydrogen) atoms. The van der Waals surface area contributed by atoms with Crippen LogP contribution in [-0.4, -0.2) is 17.7 Å². The Labute approximate surface area is 179 Å². The number of unbranched alkanes of at least 4 members (excludes halogenated alkanes) is 6. The van der Waals surface area contributed by atoms with Crippen LogP contribution < -0.4 is 0 Å². The van der Waals surface area contributed by atoms with Crippen LogP contribution in [0.2, 0.25) is 0 Å². The van der Waals surface area contributed by atoms with Gasteiger partial charge in [0, 0.05) is 6.42 Å². The summed E-state index contributed by atoms with van der Waals surface area (Å²) in [6.45, 7) is 15.4. The predicted octanol–water partition coefficient (Wildman–Crippen LogP) is 7.21. The number of aryl methyl sites for hydroxylation is 1. The van der Waals surface area contributed by atoms with Crippen molar-refractivity contribution in [3.8, 4) is 5.75 Å². The zero-order valence-corrected chi connectivity index (χ0v) is 20.0. The van der Waals surface area contributed by atoms with Crippen LogP contribution in [0.15, 0.2) is 12.1 Å². The Bertz CT molecular complexity index is 597. The summed E-state index contributed by atoms with van der Waals surface area (Å²) < 4.78 is 5.42. The quantitative estimate of drug-likeness (QED) is 0.313. The molecule has 1 rings (SSSR count). The molecule has 166 valence electrons. The summed E-state index contributed by atoms with van der Waals surface area (Å²) in [5, 5.41) is 10.8. The van der Waals surface area contributed by atoms with Crippen molar-refractivity contribution in [3.05, 3.63) is 28.8 Å². The van der Waals surface area contributed by atoms with E-state index in [2.05, 4.69) is 48.5 Å². The molecule has 1 aromatic rings. The SMILES string of the molecule is CCCCCCCCCOC(=O)CCc1cc(C(C)(C)C)c(O)c(C(C)(C)C)c1. The second-order valence-corrected chi connectivity index (χ2v) is 10.4. The van der Waals surface area contributed by atoms with Crippen LogP contribution in [0, 0.1) is 0 Å². The summed E-state index contributed by atoms with van der Waals surface area (Å²) in [6.07, 6.45) is 9.54. The molecule has 0 fully saturated rings. The van der Waals surface area contributed by atoms with E-state index < -0.39 is 0 Å². The zero-order valence-electron chi connectivity index (χ0n) is 20.0. The number of carbonyl (C=O) groups is 1. The number of hydrogen-bond donors (Lipinski definition) is 1. The van der Waals surface area contributed by atoms with Gasteiger partial charge in [-0.3, -0.25) is 4.79 Å². The van der Waals surface area contributed by atoms with E-state index in [-0.39, 0.29) is 16.8 Å². The van der Waals surface area contributed by atoms with Gasteiger partial charge in [0.15, 0.2) is 0 Å². The minimum Gasteiger partial charge on any atom is -0.507 e. The molecular weight excluding hydrogens is 360 g/mol. The van der Waals surface area contributed by atoms with Crippen molar-refractivity contribution in [2.75, 3.05) is 6.61 Å². The highest BCUT2D eigenvalue weighted by Gasteiger charge is 2.26. The maximum Gasteiger partial charge on any atom is 0.306 e. The Kier molecular flexibility index (Phi) is 10.2. The number of rotatable bonds is 11. The number of esters is 1. The minimum atomic E-state index is -0.155. The molecule has 0 radical (unpaired) electrons. The number of phenols is 1. The number of hydrogen-bond acceptors (Lipinski definition) is 3. The van der Waals surface area contributed by atoms with Gasteiger partial charge < -0.3 is 9.84 Å². The van der Waals surface area contributed by atoms with Gasteiger partial charge in [-0.05, 0) is 40.4 Å². The Morgan fingerprint density at radius 1 is 0.862 bits per heavy atom. The van der Waals surface area contributed by atoms with Crippen LogP contribution in [0.1, 0.15) is 117 Å². The predicted molar refractivity (Wildman–Crippen MR) is 123 cm³/mol. The molecule has 3 nitrogen and oxygen atoms in total. The van der Waals surface area contributed by atoms with Gasteiger partial charge in [0.1, 0.15) is 5.75 Å². The fourth-order valence-electron chi connectivity index (χ4n) is 3.55. The smallest absolute Gasteiger partial charge is 0.306 e. The maximum atomic E-state index is 12.1. The largest absolute Gasteiger partial charge is 0.507 e. The molecule has 1 aromatic carbocycles. The molecule has 0 aliphatic carbocycles. The van der Waals surface area contributed by atoms with Crippen molar-refractivity contribution in [3.63, 3.8) is 0 Å². The molecule has 0 atom stereocenters. The van der Waals surface area contributed by atoms with Crippen LogP contribution in [0.5, 0.6) is 5.75 Å². The molecule has 0 unspecified atom stereocenters.